The van der Waals surface area contributed by atoms with E-state index in [1.54, 1.807) is 6.07 Å². The number of alkyl halides is 3. The van der Waals surface area contributed by atoms with Gasteiger partial charge < -0.3 is 0 Å². The molecule has 0 spiro atoms. The minimum absolute atomic E-state index is 0.0309. The predicted molar refractivity (Wildman–Crippen MR) is 52.6 cm³/mol. The van der Waals surface area contributed by atoms with Crippen LogP contribution >= 0.6 is 11.6 Å². The van der Waals surface area contributed by atoms with E-state index in [1.807, 2.05) is 6.92 Å². The fraction of sp³-hybridized carbons (Fsp3) is 0.333. The van der Waals surface area contributed by atoms with Crippen LogP contribution in [0.5, 0.6) is 0 Å². The molecule has 82 valence electrons. The molecule has 0 aliphatic carbocycles. The molecule has 0 radical (unpaired) electrons. The highest BCUT2D eigenvalue weighted by Gasteiger charge is 2.34. The molecule has 0 bridgehead atoms. The van der Waals surface area contributed by atoms with Crippen molar-refractivity contribution in [3.8, 4) is 0 Å². The summed E-state index contributed by atoms with van der Waals surface area (Å²) in [5.41, 5.74) is 0.857. The molecule has 6 heteroatoms. The SMILES string of the molecule is CCc1ccnc(N=C(Cl)C(F)(F)F)c1. The van der Waals surface area contributed by atoms with Gasteiger partial charge in [0.1, 0.15) is 0 Å². The highest BCUT2D eigenvalue weighted by molar-refractivity contribution is 6.67. The van der Waals surface area contributed by atoms with E-state index >= 15 is 0 Å². The Labute approximate surface area is 89.8 Å². The topological polar surface area (TPSA) is 25.2 Å². The van der Waals surface area contributed by atoms with E-state index < -0.39 is 11.3 Å². The van der Waals surface area contributed by atoms with Crippen molar-refractivity contribution >= 4 is 22.6 Å². The first-order chi connectivity index (χ1) is 6.93. The summed E-state index contributed by atoms with van der Waals surface area (Å²) in [5, 5.41) is -1.41. The van der Waals surface area contributed by atoms with Crippen LogP contribution in [-0.2, 0) is 6.42 Å². The molecule has 0 aromatic carbocycles. The van der Waals surface area contributed by atoms with Crippen LogP contribution in [0.15, 0.2) is 23.3 Å². The third-order valence-electron chi connectivity index (χ3n) is 1.66. The Morgan fingerprint density at radius 1 is 1.53 bits per heavy atom. The molecule has 0 aliphatic heterocycles. The third kappa shape index (κ3) is 3.51. The number of nitrogens with zero attached hydrogens (tertiary/aromatic N) is 2. The second-order valence-electron chi connectivity index (χ2n) is 2.78. The molecule has 0 saturated heterocycles. The molecule has 1 heterocycles. The molecule has 0 unspecified atom stereocenters. The van der Waals surface area contributed by atoms with Crippen LogP contribution in [0.25, 0.3) is 0 Å². The van der Waals surface area contributed by atoms with Crippen molar-refractivity contribution in [1.82, 2.24) is 4.98 Å². The van der Waals surface area contributed by atoms with Crippen LogP contribution in [0.2, 0.25) is 0 Å². The molecule has 2 nitrogen and oxygen atoms in total. The molecule has 1 aromatic heterocycles. The molecule has 1 rings (SSSR count). The number of rotatable bonds is 2. The van der Waals surface area contributed by atoms with Gasteiger partial charge in [-0.05, 0) is 24.1 Å². The largest absolute Gasteiger partial charge is 0.444 e. The number of aromatic nitrogens is 1. The van der Waals surface area contributed by atoms with Crippen LogP contribution in [0, 0.1) is 0 Å². The fourth-order valence-electron chi connectivity index (χ4n) is 0.906. The Hall–Kier alpha value is -1.10. The zero-order valence-corrected chi connectivity index (χ0v) is 8.60. The lowest BCUT2D eigenvalue weighted by atomic mass is 10.2. The zero-order valence-electron chi connectivity index (χ0n) is 7.85. The molecule has 0 aliphatic rings. The van der Waals surface area contributed by atoms with Crippen molar-refractivity contribution < 1.29 is 13.2 Å². The van der Waals surface area contributed by atoms with Crippen LogP contribution in [0.4, 0.5) is 19.0 Å². The highest BCUT2D eigenvalue weighted by atomic mass is 35.5. The summed E-state index contributed by atoms with van der Waals surface area (Å²) in [4.78, 5) is 6.85. The lowest BCUT2D eigenvalue weighted by molar-refractivity contribution is -0.0558. The summed E-state index contributed by atoms with van der Waals surface area (Å²) in [6.45, 7) is 1.88. The molecule has 0 fully saturated rings. The van der Waals surface area contributed by atoms with Gasteiger partial charge in [-0.25, -0.2) is 9.98 Å². The summed E-state index contributed by atoms with van der Waals surface area (Å²) >= 11 is 4.97. The number of hydrogen-bond donors (Lipinski definition) is 0. The van der Waals surface area contributed by atoms with Crippen LogP contribution in [0.3, 0.4) is 0 Å². The minimum atomic E-state index is -4.62. The van der Waals surface area contributed by atoms with Crippen molar-refractivity contribution in [3.05, 3.63) is 23.9 Å². The first kappa shape index (κ1) is 12.0. The van der Waals surface area contributed by atoms with E-state index in [9.17, 15) is 13.2 Å². The van der Waals surface area contributed by atoms with Gasteiger partial charge in [0, 0.05) is 6.20 Å². The number of aliphatic imine (C=N–C) groups is 1. The molecule has 0 saturated carbocycles. The first-order valence-corrected chi connectivity index (χ1v) is 4.57. The number of aryl methyl sites for hydroxylation is 1. The summed E-state index contributed by atoms with van der Waals surface area (Å²) in [6, 6.07) is 3.18. The van der Waals surface area contributed by atoms with Crippen molar-refractivity contribution in [2.24, 2.45) is 4.99 Å². The third-order valence-corrected chi connectivity index (χ3v) is 1.96. The van der Waals surface area contributed by atoms with Crippen LogP contribution < -0.4 is 0 Å². The maximum absolute atomic E-state index is 12.0. The molecular weight excluding hydrogens is 229 g/mol. The monoisotopic (exact) mass is 236 g/mol. The van der Waals surface area contributed by atoms with Gasteiger partial charge in [-0.15, -0.1) is 0 Å². The van der Waals surface area contributed by atoms with Gasteiger partial charge in [0.05, 0.1) is 0 Å². The van der Waals surface area contributed by atoms with Crippen molar-refractivity contribution in [3.63, 3.8) is 0 Å². The van der Waals surface area contributed by atoms with Gasteiger partial charge in [0.15, 0.2) is 5.82 Å². The molecule has 15 heavy (non-hydrogen) atoms. The number of hydrogen-bond acceptors (Lipinski definition) is 2. The van der Waals surface area contributed by atoms with Crippen molar-refractivity contribution in [2.75, 3.05) is 0 Å². The average molecular weight is 237 g/mol. The summed E-state index contributed by atoms with van der Waals surface area (Å²) in [5.74, 6) is -0.0309. The minimum Gasteiger partial charge on any atom is -0.237 e. The summed E-state index contributed by atoms with van der Waals surface area (Å²) in [7, 11) is 0. The zero-order chi connectivity index (χ0) is 11.5. The maximum Gasteiger partial charge on any atom is 0.444 e. The number of pyridine rings is 1. The highest BCUT2D eigenvalue weighted by Crippen LogP contribution is 2.23. The Balaban J connectivity index is 2.98. The van der Waals surface area contributed by atoms with Crippen molar-refractivity contribution in [2.45, 2.75) is 19.5 Å². The van der Waals surface area contributed by atoms with Crippen molar-refractivity contribution in [1.29, 1.82) is 0 Å². The standard InChI is InChI=1S/C9H8ClF3N2/c1-2-6-3-4-14-7(5-6)15-8(10)9(11,12)13/h3-5H,2H2,1H3. The normalized spacial score (nSPS) is 13.0. The smallest absolute Gasteiger partial charge is 0.237 e. The Bertz CT molecular complexity index is 374. The lowest BCUT2D eigenvalue weighted by Gasteiger charge is -2.03. The van der Waals surface area contributed by atoms with Gasteiger partial charge in [-0.2, -0.15) is 13.2 Å². The van der Waals surface area contributed by atoms with E-state index in [4.69, 9.17) is 11.6 Å². The Kier molecular flexibility index (Phi) is 3.68. The molecule has 1 aromatic rings. The maximum atomic E-state index is 12.0. The van der Waals surface area contributed by atoms with Gasteiger partial charge in [0.25, 0.3) is 0 Å². The molecular formula is C9H8ClF3N2. The molecule has 0 atom stereocenters. The molecule has 0 N–H and O–H groups in total. The predicted octanol–water partition coefficient (Wildman–Crippen LogP) is 3.48. The Morgan fingerprint density at radius 2 is 2.20 bits per heavy atom. The van der Waals surface area contributed by atoms with E-state index in [0.717, 1.165) is 5.56 Å². The quantitative estimate of drug-likeness (QED) is 0.722. The fourth-order valence-corrected chi connectivity index (χ4v) is 0.992. The number of halogens is 4. The van der Waals surface area contributed by atoms with Crippen LogP contribution in [-0.4, -0.2) is 16.3 Å². The molecule has 0 amide bonds. The van der Waals surface area contributed by atoms with E-state index in [-0.39, 0.29) is 5.82 Å². The van der Waals surface area contributed by atoms with Gasteiger partial charge in [-0.3, -0.25) is 0 Å². The first-order valence-electron chi connectivity index (χ1n) is 4.19. The van der Waals surface area contributed by atoms with Gasteiger partial charge in [-0.1, -0.05) is 18.5 Å². The summed E-state index contributed by atoms with van der Waals surface area (Å²) in [6.07, 6.45) is -2.52. The second kappa shape index (κ2) is 4.61. The van der Waals surface area contributed by atoms with E-state index in [0.29, 0.717) is 6.42 Å². The average Bonchev–Trinajstić information content (AvgIpc) is 2.16. The Morgan fingerprint density at radius 3 is 2.73 bits per heavy atom. The van der Waals surface area contributed by atoms with E-state index in [2.05, 4.69) is 9.98 Å². The summed E-state index contributed by atoms with van der Waals surface area (Å²) < 4.78 is 36.1. The van der Waals surface area contributed by atoms with Gasteiger partial charge >= 0.3 is 6.18 Å². The lowest BCUT2D eigenvalue weighted by Crippen LogP contribution is -2.16. The van der Waals surface area contributed by atoms with E-state index in [1.165, 1.54) is 12.3 Å². The second-order valence-corrected chi connectivity index (χ2v) is 3.13. The van der Waals surface area contributed by atoms with Gasteiger partial charge in [0.2, 0.25) is 5.17 Å². The van der Waals surface area contributed by atoms with Crippen LogP contribution in [0.1, 0.15) is 12.5 Å².